The van der Waals surface area contributed by atoms with Crippen molar-refractivity contribution in [3.05, 3.63) is 28.5 Å². The Kier molecular flexibility index (Phi) is 3.75. The van der Waals surface area contributed by atoms with Crippen molar-refractivity contribution in [2.45, 2.75) is 6.92 Å². The number of nitrogens with one attached hydrogen (secondary N) is 1. The fraction of sp³-hybridized carbons (Fsp3) is 0.300. The van der Waals surface area contributed by atoms with Crippen molar-refractivity contribution in [1.82, 2.24) is 10.3 Å². The predicted octanol–water partition coefficient (Wildman–Crippen LogP) is 1.61. The fourth-order valence-corrected chi connectivity index (χ4v) is 1.10. The van der Waals surface area contributed by atoms with E-state index in [1.807, 2.05) is 20.0 Å². The van der Waals surface area contributed by atoms with Crippen LogP contribution in [0.2, 0.25) is 5.02 Å². The lowest BCUT2D eigenvalue weighted by Gasteiger charge is -1.96. The van der Waals surface area contributed by atoms with Crippen molar-refractivity contribution in [1.29, 1.82) is 0 Å². The SMILES string of the molecule is CNCC#Cc1ncc(Cl)cc1C. The molecular weight excluding hydrogens is 184 g/mol. The summed E-state index contributed by atoms with van der Waals surface area (Å²) in [6.45, 7) is 2.62. The molecule has 2 nitrogen and oxygen atoms in total. The smallest absolute Gasteiger partial charge is 0.116 e. The lowest BCUT2D eigenvalue weighted by molar-refractivity contribution is 0.938. The Morgan fingerprint density at radius 3 is 3.00 bits per heavy atom. The van der Waals surface area contributed by atoms with Gasteiger partial charge in [-0.05, 0) is 31.5 Å². The van der Waals surface area contributed by atoms with E-state index in [0.29, 0.717) is 11.6 Å². The summed E-state index contributed by atoms with van der Waals surface area (Å²) in [5.74, 6) is 5.90. The van der Waals surface area contributed by atoms with Gasteiger partial charge in [-0.1, -0.05) is 17.5 Å². The van der Waals surface area contributed by atoms with Gasteiger partial charge in [0.25, 0.3) is 0 Å². The van der Waals surface area contributed by atoms with E-state index < -0.39 is 0 Å². The third-order valence-electron chi connectivity index (χ3n) is 1.52. The third-order valence-corrected chi connectivity index (χ3v) is 1.72. The molecule has 0 aromatic carbocycles. The summed E-state index contributed by atoms with van der Waals surface area (Å²) >= 11 is 5.76. The van der Waals surface area contributed by atoms with Crippen LogP contribution in [0.5, 0.6) is 0 Å². The molecule has 0 amide bonds. The van der Waals surface area contributed by atoms with E-state index in [2.05, 4.69) is 22.1 Å². The number of nitrogens with zero attached hydrogens (tertiary/aromatic N) is 1. The number of hydrogen-bond acceptors (Lipinski definition) is 2. The van der Waals surface area contributed by atoms with Gasteiger partial charge in [-0.15, -0.1) is 0 Å². The first kappa shape index (κ1) is 10.0. The first-order valence-electron chi connectivity index (χ1n) is 3.99. The van der Waals surface area contributed by atoms with Gasteiger partial charge in [-0.3, -0.25) is 0 Å². The van der Waals surface area contributed by atoms with Gasteiger partial charge in [-0.2, -0.15) is 0 Å². The second kappa shape index (κ2) is 4.86. The van der Waals surface area contributed by atoms with Crippen LogP contribution in [0, 0.1) is 18.8 Å². The van der Waals surface area contributed by atoms with E-state index in [0.717, 1.165) is 11.3 Å². The van der Waals surface area contributed by atoms with Gasteiger partial charge in [0.1, 0.15) is 5.69 Å². The molecule has 1 heterocycles. The van der Waals surface area contributed by atoms with E-state index in [1.54, 1.807) is 6.20 Å². The number of aryl methyl sites for hydroxylation is 1. The average molecular weight is 195 g/mol. The first-order valence-corrected chi connectivity index (χ1v) is 4.37. The molecule has 0 spiro atoms. The average Bonchev–Trinajstić information content (AvgIpc) is 2.09. The van der Waals surface area contributed by atoms with Gasteiger partial charge >= 0.3 is 0 Å². The van der Waals surface area contributed by atoms with Gasteiger partial charge in [-0.25, -0.2) is 4.98 Å². The molecule has 0 unspecified atom stereocenters. The van der Waals surface area contributed by atoms with Crippen LogP contribution in [0.15, 0.2) is 12.3 Å². The quantitative estimate of drug-likeness (QED) is 0.688. The number of pyridine rings is 1. The summed E-state index contributed by atoms with van der Waals surface area (Å²) in [5.41, 5.74) is 1.80. The molecule has 0 bridgehead atoms. The highest BCUT2D eigenvalue weighted by atomic mass is 35.5. The standard InChI is InChI=1S/C10H11ClN2/c1-8-6-9(11)7-13-10(8)4-3-5-12-2/h6-7,12H,5H2,1-2H3. The second-order valence-electron chi connectivity index (χ2n) is 2.65. The number of halogens is 1. The predicted molar refractivity (Wildman–Crippen MR) is 54.8 cm³/mol. The first-order chi connectivity index (χ1) is 6.24. The molecule has 0 aliphatic heterocycles. The van der Waals surface area contributed by atoms with Crippen molar-refractivity contribution in [3.63, 3.8) is 0 Å². The van der Waals surface area contributed by atoms with Crippen LogP contribution in [0.1, 0.15) is 11.3 Å². The highest BCUT2D eigenvalue weighted by Crippen LogP contribution is 2.10. The Labute approximate surface area is 83.3 Å². The number of aromatic nitrogens is 1. The minimum atomic E-state index is 0.650. The van der Waals surface area contributed by atoms with Crippen LogP contribution in [0.25, 0.3) is 0 Å². The molecule has 0 aliphatic carbocycles. The fourth-order valence-electron chi connectivity index (χ4n) is 0.888. The molecule has 1 rings (SSSR count). The van der Waals surface area contributed by atoms with Crippen LogP contribution < -0.4 is 5.32 Å². The van der Waals surface area contributed by atoms with Gasteiger partial charge in [0.05, 0.1) is 11.6 Å². The molecule has 0 atom stereocenters. The maximum Gasteiger partial charge on any atom is 0.116 e. The van der Waals surface area contributed by atoms with Crippen LogP contribution in [-0.4, -0.2) is 18.6 Å². The normalized spacial score (nSPS) is 9.15. The zero-order valence-corrected chi connectivity index (χ0v) is 8.44. The third kappa shape index (κ3) is 3.06. The van der Waals surface area contributed by atoms with Crippen molar-refractivity contribution in [2.75, 3.05) is 13.6 Å². The van der Waals surface area contributed by atoms with E-state index in [1.165, 1.54) is 0 Å². The van der Waals surface area contributed by atoms with Crippen molar-refractivity contribution in [3.8, 4) is 11.8 Å². The summed E-state index contributed by atoms with van der Waals surface area (Å²) in [7, 11) is 1.86. The van der Waals surface area contributed by atoms with Gasteiger partial charge in [0.15, 0.2) is 0 Å². The second-order valence-corrected chi connectivity index (χ2v) is 3.09. The molecule has 3 heteroatoms. The lowest BCUT2D eigenvalue weighted by Crippen LogP contribution is -2.04. The maximum atomic E-state index is 5.76. The van der Waals surface area contributed by atoms with Gasteiger partial charge in [0, 0.05) is 6.20 Å². The Bertz CT molecular complexity index is 350. The van der Waals surface area contributed by atoms with Crippen LogP contribution in [-0.2, 0) is 0 Å². The van der Waals surface area contributed by atoms with Gasteiger partial charge < -0.3 is 5.32 Å². The molecule has 0 fully saturated rings. The molecule has 1 aromatic rings. The Hall–Kier alpha value is -1.04. The summed E-state index contributed by atoms with van der Waals surface area (Å²) in [4.78, 5) is 4.12. The molecule has 13 heavy (non-hydrogen) atoms. The largest absolute Gasteiger partial charge is 0.309 e. The van der Waals surface area contributed by atoms with Crippen LogP contribution in [0.4, 0.5) is 0 Å². The molecule has 1 aromatic heterocycles. The molecule has 68 valence electrons. The molecule has 0 radical (unpaired) electrons. The Morgan fingerprint density at radius 2 is 2.38 bits per heavy atom. The molecule has 0 aliphatic rings. The Balaban J connectivity index is 2.85. The molecule has 0 saturated heterocycles. The zero-order chi connectivity index (χ0) is 9.68. The van der Waals surface area contributed by atoms with Gasteiger partial charge in [0.2, 0.25) is 0 Å². The highest BCUT2D eigenvalue weighted by molar-refractivity contribution is 6.30. The van der Waals surface area contributed by atoms with E-state index >= 15 is 0 Å². The lowest BCUT2D eigenvalue weighted by atomic mass is 10.2. The van der Waals surface area contributed by atoms with E-state index in [-0.39, 0.29) is 0 Å². The topological polar surface area (TPSA) is 24.9 Å². The molecule has 0 saturated carbocycles. The maximum absolute atomic E-state index is 5.76. The molecular formula is C10H11ClN2. The van der Waals surface area contributed by atoms with E-state index in [4.69, 9.17) is 11.6 Å². The summed E-state index contributed by atoms with van der Waals surface area (Å²) in [6.07, 6.45) is 1.61. The monoisotopic (exact) mass is 194 g/mol. The van der Waals surface area contributed by atoms with Crippen molar-refractivity contribution < 1.29 is 0 Å². The number of hydrogen-bond donors (Lipinski definition) is 1. The zero-order valence-electron chi connectivity index (χ0n) is 7.69. The van der Waals surface area contributed by atoms with E-state index in [9.17, 15) is 0 Å². The Morgan fingerprint density at radius 1 is 1.62 bits per heavy atom. The molecule has 1 N–H and O–H groups in total. The minimum absolute atomic E-state index is 0.650. The van der Waals surface area contributed by atoms with Crippen molar-refractivity contribution in [2.24, 2.45) is 0 Å². The summed E-state index contributed by atoms with van der Waals surface area (Å²) in [6, 6.07) is 1.86. The number of rotatable bonds is 1. The highest BCUT2D eigenvalue weighted by Gasteiger charge is 1.95. The van der Waals surface area contributed by atoms with Crippen LogP contribution >= 0.6 is 11.6 Å². The van der Waals surface area contributed by atoms with Crippen molar-refractivity contribution >= 4 is 11.6 Å². The summed E-state index contributed by atoms with van der Waals surface area (Å²) in [5, 5.41) is 3.59. The summed E-state index contributed by atoms with van der Waals surface area (Å²) < 4.78 is 0. The van der Waals surface area contributed by atoms with Crippen LogP contribution in [0.3, 0.4) is 0 Å². The minimum Gasteiger partial charge on any atom is -0.309 e.